The first-order chi connectivity index (χ1) is 7.04. The number of nitrogens with zero attached hydrogens (tertiary/aromatic N) is 1. The number of furan rings is 1. The molecule has 15 heavy (non-hydrogen) atoms. The molecule has 0 saturated heterocycles. The van der Waals surface area contributed by atoms with Crippen LogP contribution in [-0.2, 0) is 6.54 Å². The van der Waals surface area contributed by atoms with Gasteiger partial charge in [0.2, 0.25) is 0 Å². The summed E-state index contributed by atoms with van der Waals surface area (Å²) >= 11 is 5.02. The van der Waals surface area contributed by atoms with Crippen molar-refractivity contribution in [1.29, 1.82) is 0 Å². The lowest BCUT2D eigenvalue weighted by Crippen LogP contribution is -2.40. The normalized spacial score (nSPS) is 13.1. The highest BCUT2D eigenvalue weighted by Crippen LogP contribution is 2.12. The highest BCUT2D eigenvalue weighted by molar-refractivity contribution is 7.80. The lowest BCUT2D eigenvalue weighted by atomic mass is 10.2. The molecule has 0 aromatic carbocycles. The van der Waals surface area contributed by atoms with Gasteiger partial charge in [0.25, 0.3) is 0 Å². The van der Waals surface area contributed by atoms with Crippen LogP contribution in [0, 0.1) is 6.92 Å². The Labute approximate surface area is 96.2 Å². The smallest absolute Gasteiger partial charge is 0.118 e. The largest absolute Gasteiger partial charge is 0.465 e. The molecular weight excluding hydrogens is 208 g/mol. The molecule has 1 atom stereocenters. The Morgan fingerprint density at radius 1 is 1.60 bits per heavy atom. The molecule has 0 aliphatic heterocycles. The SMILES string of the molecule is CCC(C(N)=S)N(C)Cc1ccc(C)o1. The van der Waals surface area contributed by atoms with E-state index in [9.17, 15) is 0 Å². The molecule has 0 aliphatic rings. The van der Waals surface area contributed by atoms with E-state index in [2.05, 4.69) is 11.8 Å². The molecule has 84 valence electrons. The van der Waals surface area contributed by atoms with E-state index in [0.29, 0.717) is 4.99 Å². The van der Waals surface area contributed by atoms with E-state index in [-0.39, 0.29) is 6.04 Å². The van der Waals surface area contributed by atoms with E-state index in [1.54, 1.807) is 0 Å². The van der Waals surface area contributed by atoms with E-state index in [1.807, 2.05) is 26.1 Å². The first kappa shape index (κ1) is 12.2. The van der Waals surface area contributed by atoms with Crippen molar-refractivity contribution in [2.45, 2.75) is 32.9 Å². The standard InChI is InChI=1S/C11H18N2OS/c1-4-10(11(12)15)13(3)7-9-6-5-8(2)14-9/h5-6,10H,4,7H2,1-3H3,(H2,12,15). The molecule has 0 aliphatic carbocycles. The molecule has 0 bridgehead atoms. The van der Waals surface area contributed by atoms with E-state index in [1.165, 1.54) is 0 Å². The summed E-state index contributed by atoms with van der Waals surface area (Å²) in [7, 11) is 2.01. The first-order valence-corrected chi connectivity index (χ1v) is 5.50. The third-order valence-electron chi connectivity index (χ3n) is 2.45. The van der Waals surface area contributed by atoms with Crippen LogP contribution in [0.4, 0.5) is 0 Å². The average molecular weight is 226 g/mol. The van der Waals surface area contributed by atoms with Crippen LogP contribution in [0.2, 0.25) is 0 Å². The highest BCUT2D eigenvalue weighted by atomic mass is 32.1. The Bertz CT molecular complexity index is 335. The molecule has 0 saturated carbocycles. The van der Waals surface area contributed by atoms with Crippen molar-refractivity contribution in [3.8, 4) is 0 Å². The lowest BCUT2D eigenvalue weighted by molar-refractivity contribution is 0.257. The van der Waals surface area contributed by atoms with Crippen LogP contribution in [0.3, 0.4) is 0 Å². The fourth-order valence-electron chi connectivity index (χ4n) is 1.66. The van der Waals surface area contributed by atoms with Crippen molar-refractivity contribution in [3.05, 3.63) is 23.7 Å². The molecule has 4 heteroatoms. The minimum Gasteiger partial charge on any atom is -0.465 e. The molecule has 1 unspecified atom stereocenters. The molecular formula is C11H18N2OS. The second kappa shape index (κ2) is 5.28. The molecule has 0 fully saturated rings. The Kier molecular flexibility index (Phi) is 4.29. The molecule has 1 rings (SSSR count). The Hall–Kier alpha value is -0.870. The Morgan fingerprint density at radius 2 is 2.27 bits per heavy atom. The van der Waals surface area contributed by atoms with E-state index < -0.39 is 0 Å². The summed E-state index contributed by atoms with van der Waals surface area (Å²) in [6.07, 6.45) is 0.922. The van der Waals surface area contributed by atoms with Gasteiger partial charge in [0.15, 0.2) is 0 Å². The van der Waals surface area contributed by atoms with Gasteiger partial charge in [-0.2, -0.15) is 0 Å². The summed E-state index contributed by atoms with van der Waals surface area (Å²) in [5.74, 6) is 1.88. The van der Waals surface area contributed by atoms with Crippen LogP contribution < -0.4 is 5.73 Å². The molecule has 3 nitrogen and oxygen atoms in total. The fraction of sp³-hybridized carbons (Fsp3) is 0.545. The van der Waals surface area contributed by atoms with Crippen molar-refractivity contribution >= 4 is 17.2 Å². The van der Waals surface area contributed by atoms with Gasteiger partial charge in [-0.1, -0.05) is 19.1 Å². The number of rotatable bonds is 5. The van der Waals surface area contributed by atoms with Gasteiger partial charge in [0.05, 0.1) is 17.6 Å². The number of hydrogen-bond acceptors (Lipinski definition) is 3. The van der Waals surface area contributed by atoms with Gasteiger partial charge in [0, 0.05) is 0 Å². The van der Waals surface area contributed by atoms with Crippen LogP contribution in [-0.4, -0.2) is 23.0 Å². The zero-order chi connectivity index (χ0) is 11.4. The van der Waals surface area contributed by atoms with Gasteiger partial charge < -0.3 is 10.2 Å². The van der Waals surface area contributed by atoms with Gasteiger partial charge in [-0.05, 0) is 32.5 Å². The summed E-state index contributed by atoms with van der Waals surface area (Å²) in [4.78, 5) is 2.66. The van der Waals surface area contributed by atoms with Gasteiger partial charge in [-0.3, -0.25) is 4.90 Å². The third kappa shape index (κ3) is 3.32. The molecule has 1 aromatic rings. The lowest BCUT2D eigenvalue weighted by Gasteiger charge is -2.24. The second-order valence-electron chi connectivity index (χ2n) is 3.75. The molecule has 2 N–H and O–H groups in total. The molecule has 0 radical (unpaired) electrons. The van der Waals surface area contributed by atoms with E-state index in [0.717, 1.165) is 24.5 Å². The fourth-order valence-corrected chi connectivity index (χ4v) is 2.00. The summed E-state index contributed by atoms with van der Waals surface area (Å²) < 4.78 is 5.50. The van der Waals surface area contributed by atoms with Crippen molar-refractivity contribution in [1.82, 2.24) is 4.90 Å². The second-order valence-corrected chi connectivity index (χ2v) is 4.23. The van der Waals surface area contributed by atoms with E-state index in [4.69, 9.17) is 22.4 Å². The molecule has 1 heterocycles. The first-order valence-electron chi connectivity index (χ1n) is 5.09. The number of likely N-dealkylation sites (N-methyl/N-ethyl adjacent to an activating group) is 1. The number of aryl methyl sites for hydroxylation is 1. The Balaban J connectivity index is 2.61. The van der Waals surface area contributed by atoms with E-state index >= 15 is 0 Å². The highest BCUT2D eigenvalue weighted by Gasteiger charge is 2.16. The zero-order valence-electron chi connectivity index (χ0n) is 9.49. The van der Waals surface area contributed by atoms with Crippen LogP contribution in [0.5, 0.6) is 0 Å². The van der Waals surface area contributed by atoms with Gasteiger partial charge in [-0.25, -0.2) is 0 Å². The van der Waals surface area contributed by atoms with Crippen molar-refractivity contribution < 1.29 is 4.42 Å². The zero-order valence-corrected chi connectivity index (χ0v) is 10.3. The quantitative estimate of drug-likeness (QED) is 0.781. The van der Waals surface area contributed by atoms with Gasteiger partial charge in [0.1, 0.15) is 11.5 Å². The minimum atomic E-state index is 0.144. The van der Waals surface area contributed by atoms with Crippen LogP contribution in [0.25, 0.3) is 0 Å². The molecule has 0 spiro atoms. The predicted molar refractivity (Wildman–Crippen MR) is 65.8 cm³/mol. The van der Waals surface area contributed by atoms with Crippen molar-refractivity contribution in [2.24, 2.45) is 5.73 Å². The molecule has 1 aromatic heterocycles. The maximum Gasteiger partial charge on any atom is 0.118 e. The number of hydrogen-bond donors (Lipinski definition) is 1. The summed E-state index contributed by atoms with van der Waals surface area (Å²) in [6, 6.07) is 4.09. The number of nitrogens with two attached hydrogens (primary N) is 1. The van der Waals surface area contributed by atoms with Crippen molar-refractivity contribution in [3.63, 3.8) is 0 Å². The topological polar surface area (TPSA) is 42.4 Å². The Morgan fingerprint density at radius 3 is 2.67 bits per heavy atom. The summed E-state index contributed by atoms with van der Waals surface area (Å²) in [5.41, 5.74) is 5.67. The van der Waals surface area contributed by atoms with Gasteiger partial charge in [-0.15, -0.1) is 0 Å². The average Bonchev–Trinajstić information content (AvgIpc) is 2.51. The summed E-state index contributed by atoms with van der Waals surface area (Å²) in [5, 5.41) is 0. The number of thiocarbonyl (C=S) groups is 1. The van der Waals surface area contributed by atoms with Gasteiger partial charge >= 0.3 is 0 Å². The van der Waals surface area contributed by atoms with Crippen LogP contribution in [0.1, 0.15) is 24.9 Å². The third-order valence-corrected chi connectivity index (χ3v) is 2.72. The maximum absolute atomic E-state index is 5.67. The van der Waals surface area contributed by atoms with Crippen molar-refractivity contribution in [2.75, 3.05) is 7.05 Å². The minimum absolute atomic E-state index is 0.144. The molecule has 0 amide bonds. The monoisotopic (exact) mass is 226 g/mol. The maximum atomic E-state index is 5.67. The predicted octanol–water partition coefficient (Wildman–Crippen LogP) is 2.08. The summed E-state index contributed by atoms with van der Waals surface area (Å²) in [6.45, 7) is 4.76. The van der Waals surface area contributed by atoms with Crippen LogP contribution >= 0.6 is 12.2 Å². The van der Waals surface area contributed by atoms with Crippen LogP contribution in [0.15, 0.2) is 16.5 Å².